The van der Waals surface area contributed by atoms with Crippen LogP contribution < -0.4 is 11.1 Å². The fraction of sp³-hybridized carbons (Fsp3) is 0.214. The minimum Gasteiger partial charge on any atom is -0.398 e. The number of nitrogens with one attached hydrogen (secondary N) is 1. The number of nitrogens with two attached hydrogens (primary N) is 1. The van der Waals surface area contributed by atoms with E-state index in [9.17, 15) is 0 Å². The van der Waals surface area contributed by atoms with Crippen molar-refractivity contribution in [3.05, 3.63) is 59.4 Å². The van der Waals surface area contributed by atoms with Crippen molar-refractivity contribution in [2.75, 3.05) is 12.8 Å². The van der Waals surface area contributed by atoms with Gasteiger partial charge in [0.1, 0.15) is 0 Å². The molecule has 1 aromatic heterocycles. The molecule has 0 aliphatic carbocycles. The number of aryl methyl sites for hydroxylation is 1. The standard InChI is InChI=1S/C14H17N3/c1-10-5-3-4-6-11(10)14(16-2)12-9-17-8-7-13(12)15/h3-9,14,16H,1-2H3,(H2,15,17). The van der Waals surface area contributed by atoms with Crippen LogP contribution in [0.5, 0.6) is 0 Å². The van der Waals surface area contributed by atoms with Gasteiger partial charge in [0.25, 0.3) is 0 Å². The second kappa shape index (κ2) is 4.97. The topological polar surface area (TPSA) is 50.9 Å². The van der Waals surface area contributed by atoms with E-state index in [0.717, 1.165) is 11.3 Å². The minimum atomic E-state index is 0.0879. The third-order valence-corrected chi connectivity index (χ3v) is 2.99. The van der Waals surface area contributed by atoms with E-state index in [1.54, 1.807) is 6.20 Å². The Labute approximate surface area is 102 Å². The van der Waals surface area contributed by atoms with Crippen molar-refractivity contribution >= 4 is 5.69 Å². The maximum atomic E-state index is 6.00. The summed E-state index contributed by atoms with van der Waals surface area (Å²) in [5.41, 5.74) is 10.3. The quantitative estimate of drug-likeness (QED) is 0.845. The smallest absolute Gasteiger partial charge is 0.0612 e. The SMILES string of the molecule is CNC(c1ccccc1C)c1cnccc1N. The fourth-order valence-electron chi connectivity index (χ4n) is 2.05. The number of hydrogen-bond acceptors (Lipinski definition) is 3. The molecule has 17 heavy (non-hydrogen) atoms. The number of rotatable bonds is 3. The molecule has 2 aromatic rings. The number of nitrogen functional groups attached to an aromatic ring is 1. The van der Waals surface area contributed by atoms with Gasteiger partial charge < -0.3 is 11.1 Å². The predicted molar refractivity (Wildman–Crippen MR) is 70.7 cm³/mol. The number of aromatic nitrogens is 1. The van der Waals surface area contributed by atoms with E-state index in [4.69, 9.17) is 5.73 Å². The summed E-state index contributed by atoms with van der Waals surface area (Å²) in [5, 5.41) is 3.30. The maximum Gasteiger partial charge on any atom is 0.0612 e. The van der Waals surface area contributed by atoms with E-state index < -0.39 is 0 Å². The van der Waals surface area contributed by atoms with Gasteiger partial charge in [-0.05, 0) is 31.2 Å². The highest BCUT2D eigenvalue weighted by Gasteiger charge is 2.16. The van der Waals surface area contributed by atoms with Crippen molar-refractivity contribution in [2.45, 2.75) is 13.0 Å². The highest BCUT2D eigenvalue weighted by molar-refractivity contribution is 5.50. The highest BCUT2D eigenvalue weighted by Crippen LogP contribution is 2.27. The molecule has 0 saturated carbocycles. The van der Waals surface area contributed by atoms with Gasteiger partial charge in [0.2, 0.25) is 0 Å². The Bertz CT molecular complexity index is 463. The lowest BCUT2D eigenvalue weighted by Crippen LogP contribution is -2.20. The molecule has 1 aromatic carbocycles. The van der Waals surface area contributed by atoms with Gasteiger partial charge in [0, 0.05) is 23.6 Å². The van der Waals surface area contributed by atoms with Crippen LogP contribution in [0.15, 0.2) is 42.7 Å². The molecular formula is C14H17N3. The Morgan fingerprint density at radius 2 is 1.94 bits per heavy atom. The van der Waals surface area contributed by atoms with E-state index >= 15 is 0 Å². The van der Waals surface area contributed by atoms with Crippen LogP contribution in [0.1, 0.15) is 22.7 Å². The first-order valence-corrected chi connectivity index (χ1v) is 5.66. The molecule has 0 aliphatic rings. The Morgan fingerprint density at radius 3 is 2.59 bits per heavy atom. The first-order valence-electron chi connectivity index (χ1n) is 5.66. The fourth-order valence-corrected chi connectivity index (χ4v) is 2.05. The van der Waals surface area contributed by atoms with Crippen molar-refractivity contribution in [1.29, 1.82) is 0 Å². The normalized spacial score (nSPS) is 12.4. The van der Waals surface area contributed by atoms with Crippen molar-refractivity contribution in [3.8, 4) is 0 Å². The van der Waals surface area contributed by atoms with E-state index in [-0.39, 0.29) is 6.04 Å². The summed E-state index contributed by atoms with van der Waals surface area (Å²) in [4.78, 5) is 4.15. The molecule has 1 atom stereocenters. The molecule has 0 fully saturated rings. The zero-order chi connectivity index (χ0) is 12.3. The third kappa shape index (κ3) is 2.29. The van der Waals surface area contributed by atoms with Gasteiger partial charge in [-0.3, -0.25) is 4.98 Å². The van der Waals surface area contributed by atoms with Crippen LogP contribution in [0.25, 0.3) is 0 Å². The number of hydrogen-bond donors (Lipinski definition) is 2. The van der Waals surface area contributed by atoms with E-state index in [1.165, 1.54) is 11.1 Å². The molecule has 0 bridgehead atoms. The Morgan fingerprint density at radius 1 is 1.18 bits per heavy atom. The number of nitrogens with zero attached hydrogens (tertiary/aromatic N) is 1. The van der Waals surface area contributed by atoms with Crippen LogP contribution in [-0.4, -0.2) is 12.0 Å². The largest absolute Gasteiger partial charge is 0.398 e. The first kappa shape index (κ1) is 11.6. The summed E-state index contributed by atoms with van der Waals surface area (Å²) >= 11 is 0. The maximum absolute atomic E-state index is 6.00. The van der Waals surface area contributed by atoms with Gasteiger partial charge in [-0.25, -0.2) is 0 Å². The van der Waals surface area contributed by atoms with E-state index in [1.807, 2.05) is 31.4 Å². The lowest BCUT2D eigenvalue weighted by atomic mass is 9.95. The lowest BCUT2D eigenvalue weighted by Gasteiger charge is -2.20. The van der Waals surface area contributed by atoms with Crippen molar-refractivity contribution < 1.29 is 0 Å². The van der Waals surface area contributed by atoms with Gasteiger partial charge in [0.15, 0.2) is 0 Å². The van der Waals surface area contributed by atoms with Crippen LogP contribution >= 0.6 is 0 Å². The summed E-state index contributed by atoms with van der Waals surface area (Å²) < 4.78 is 0. The van der Waals surface area contributed by atoms with E-state index in [0.29, 0.717) is 0 Å². The Kier molecular flexibility index (Phi) is 3.40. The molecule has 0 aliphatic heterocycles. The molecule has 3 N–H and O–H groups in total. The monoisotopic (exact) mass is 227 g/mol. The Balaban J connectivity index is 2.48. The summed E-state index contributed by atoms with van der Waals surface area (Å²) in [6.45, 7) is 2.10. The molecule has 0 saturated heterocycles. The van der Waals surface area contributed by atoms with Crippen LogP contribution in [0.2, 0.25) is 0 Å². The minimum absolute atomic E-state index is 0.0879. The highest BCUT2D eigenvalue weighted by atomic mass is 14.9. The summed E-state index contributed by atoms with van der Waals surface area (Å²) in [6.07, 6.45) is 3.53. The molecule has 0 amide bonds. The van der Waals surface area contributed by atoms with Gasteiger partial charge in [-0.1, -0.05) is 24.3 Å². The summed E-state index contributed by atoms with van der Waals surface area (Å²) in [7, 11) is 1.93. The molecule has 1 heterocycles. The van der Waals surface area contributed by atoms with E-state index in [2.05, 4.69) is 29.4 Å². The summed E-state index contributed by atoms with van der Waals surface area (Å²) in [6, 6.07) is 10.2. The Hall–Kier alpha value is -1.87. The third-order valence-electron chi connectivity index (χ3n) is 2.99. The molecule has 88 valence electrons. The second-order valence-electron chi connectivity index (χ2n) is 4.08. The van der Waals surface area contributed by atoms with Crippen LogP contribution in [0.4, 0.5) is 5.69 Å². The average molecular weight is 227 g/mol. The second-order valence-corrected chi connectivity index (χ2v) is 4.08. The number of pyridine rings is 1. The van der Waals surface area contributed by atoms with Crippen LogP contribution in [-0.2, 0) is 0 Å². The number of anilines is 1. The lowest BCUT2D eigenvalue weighted by molar-refractivity contribution is 0.686. The van der Waals surface area contributed by atoms with Gasteiger partial charge in [0.05, 0.1) is 6.04 Å². The van der Waals surface area contributed by atoms with Gasteiger partial charge >= 0.3 is 0 Å². The van der Waals surface area contributed by atoms with Gasteiger partial charge in [-0.2, -0.15) is 0 Å². The molecule has 3 heteroatoms. The average Bonchev–Trinajstić information content (AvgIpc) is 2.34. The van der Waals surface area contributed by atoms with Gasteiger partial charge in [-0.15, -0.1) is 0 Å². The molecule has 3 nitrogen and oxygen atoms in total. The van der Waals surface area contributed by atoms with Crippen molar-refractivity contribution in [2.24, 2.45) is 0 Å². The van der Waals surface area contributed by atoms with Crippen molar-refractivity contribution in [1.82, 2.24) is 10.3 Å². The zero-order valence-corrected chi connectivity index (χ0v) is 10.1. The molecule has 0 spiro atoms. The molecule has 1 unspecified atom stereocenters. The molecule has 0 radical (unpaired) electrons. The first-order chi connectivity index (χ1) is 8.24. The molecular weight excluding hydrogens is 210 g/mol. The van der Waals surface area contributed by atoms with Crippen molar-refractivity contribution in [3.63, 3.8) is 0 Å². The zero-order valence-electron chi connectivity index (χ0n) is 10.1. The predicted octanol–water partition coefficient (Wildman–Crippen LogP) is 2.28. The van der Waals surface area contributed by atoms with Crippen LogP contribution in [0, 0.1) is 6.92 Å². The molecule has 2 rings (SSSR count). The van der Waals surface area contributed by atoms with Crippen LogP contribution in [0.3, 0.4) is 0 Å². The number of benzene rings is 1. The summed E-state index contributed by atoms with van der Waals surface area (Å²) in [5.74, 6) is 0.